The zero-order valence-corrected chi connectivity index (χ0v) is 17.9. The summed E-state index contributed by atoms with van der Waals surface area (Å²) in [5.41, 5.74) is 4.63. The van der Waals surface area contributed by atoms with Gasteiger partial charge in [-0.25, -0.2) is 0 Å². The Hall–Kier alpha value is -1.28. The van der Waals surface area contributed by atoms with Gasteiger partial charge in [0.2, 0.25) is 0 Å². The van der Waals surface area contributed by atoms with E-state index in [4.69, 9.17) is 11.6 Å². The predicted molar refractivity (Wildman–Crippen MR) is 111 cm³/mol. The van der Waals surface area contributed by atoms with Crippen LogP contribution in [0.4, 0.5) is 0 Å². The molecule has 1 aromatic carbocycles. The van der Waals surface area contributed by atoms with Crippen molar-refractivity contribution in [3.05, 3.63) is 51.8 Å². The average Bonchev–Trinajstić information content (AvgIpc) is 2.76. The quantitative estimate of drug-likeness (QED) is 0.430. The van der Waals surface area contributed by atoms with Crippen molar-refractivity contribution in [3.63, 3.8) is 0 Å². The van der Waals surface area contributed by atoms with Gasteiger partial charge in [0.05, 0.1) is 5.69 Å². The third kappa shape index (κ3) is 5.11. The fraction of sp³-hybridized carbons (Fsp3) is 0.412. The number of hydrogen-bond donors (Lipinski definition) is 1. The maximum absolute atomic E-state index is 5.93. The molecule has 0 bridgehead atoms. The van der Waals surface area contributed by atoms with Crippen LogP contribution < -0.4 is 5.32 Å². The van der Waals surface area contributed by atoms with Crippen LogP contribution in [0.5, 0.6) is 0 Å². The smallest absolute Gasteiger partial charge is 0.193 e. The molecule has 0 fully saturated rings. The number of aryl methyl sites for hydroxylation is 2. The topological polar surface area (TPSA) is 45.5 Å². The molecule has 2 aromatic rings. The zero-order valence-electron chi connectivity index (χ0n) is 14.8. The van der Waals surface area contributed by atoms with Gasteiger partial charge in [-0.15, -0.1) is 24.0 Å². The Bertz CT molecular complexity index is 694. The Morgan fingerprint density at radius 2 is 1.92 bits per heavy atom. The van der Waals surface area contributed by atoms with Gasteiger partial charge in [0.25, 0.3) is 0 Å². The molecule has 24 heavy (non-hydrogen) atoms. The van der Waals surface area contributed by atoms with Gasteiger partial charge in [0.1, 0.15) is 0 Å². The van der Waals surface area contributed by atoms with E-state index in [2.05, 4.69) is 27.2 Å². The van der Waals surface area contributed by atoms with E-state index in [0.29, 0.717) is 6.54 Å². The molecular formula is C17H25ClIN5. The molecule has 0 aliphatic carbocycles. The first-order valence-corrected chi connectivity index (χ1v) is 7.95. The van der Waals surface area contributed by atoms with Crippen LogP contribution in [0.1, 0.15) is 22.5 Å². The molecule has 0 aliphatic rings. The van der Waals surface area contributed by atoms with Crippen molar-refractivity contribution in [2.75, 3.05) is 14.1 Å². The number of hydrogen-bond acceptors (Lipinski definition) is 2. The van der Waals surface area contributed by atoms with E-state index in [-0.39, 0.29) is 24.0 Å². The van der Waals surface area contributed by atoms with Crippen LogP contribution in [-0.4, -0.2) is 34.7 Å². The number of nitrogens with zero attached hydrogens (tertiary/aromatic N) is 4. The molecule has 1 N–H and O–H groups in total. The Morgan fingerprint density at radius 3 is 2.42 bits per heavy atom. The lowest BCUT2D eigenvalue weighted by Crippen LogP contribution is -2.38. The molecule has 0 unspecified atom stereocenters. The lowest BCUT2D eigenvalue weighted by molar-refractivity contribution is 0.476. The molecule has 0 radical (unpaired) electrons. The number of aromatic nitrogens is 2. The van der Waals surface area contributed by atoms with Crippen molar-refractivity contribution in [2.45, 2.75) is 26.9 Å². The molecule has 0 spiro atoms. The molecule has 1 aromatic heterocycles. The maximum Gasteiger partial charge on any atom is 0.193 e. The molecule has 5 nitrogen and oxygen atoms in total. The summed E-state index contributed by atoms with van der Waals surface area (Å²) in [5, 5.41) is 8.61. The molecule has 0 amide bonds. The van der Waals surface area contributed by atoms with Crippen LogP contribution in [0, 0.1) is 13.8 Å². The highest BCUT2D eigenvalue weighted by atomic mass is 127. The second-order valence-electron chi connectivity index (χ2n) is 5.66. The van der Waals surface area contributed by atoms with E-state index in [9.17, 15) is 0 Å². The van der Waals surface area contributed by atoms with Crippen molar-refractivity contribution >= 4 is 41.5 Å². The van der Waals surface area contributed by atoms with Crippen molar-refractivity contribution in [1.29, 1.82) is 0 Å². The van der Waals surface area contributed by atoms with Crippen LogP contribution in [0.3, 0.4) is 0 Å². The Labute approximate surface area is 166 Å². The monoisotopic (exact) mass is 461 g/mol. The van der Waals surface area contributed by atoms with Gasteiger partial charge in [-0.05, 0) is 31.5 Å². The molecule has 2 rings (SSSR count). The van der Waals surface area contributed by atoms with Gasteiger partial charge in [-0.3, -0.25) is 9.67 Å². The van der Waals surface area contributed by atoms with Crippen LogP contribution in [-0.2, 0) is 20.1 Å². The fourth-order valence-corrected chi connectivity index (χ4v) is 2.69. The largest absolute Gasteiger partial charge is 0.352 e. The number of rotatable bonds is 4. The normalized spacial score (nSPS) is 11.2. The lowest BCUT2D eigenvalue weighted by atomic mass is 10.2. The summed E-state index contributed by atoms with van der Waals surface area (Å²) >= 11 is 5.93. The molecule has 0 saturated heterocycles. The highest BCUT2D eigenvalue weighted by molar-refractivity contribution is 14.0. The number of nitrogens with one attached hydrogen (secondary N) is 1. The highest BCUT2D eigenvalue weighted by Crippen LogP contribution is 2.13. The number of halogens is 2. The van der Waals surface area contributed by atoms with Gasteiger partial charge < -0.3 is 10.2 Å². The van der Waals surface area contributed by atoms with Crippen LogP contribution >= 0.6 is 35.6 Å². The summed E-state index contributed by atoms with van der Waals surface area (Å²) in [6, 6.07) is 7.87. The van der Waals surface area contributed by atoms with Gasteiger partial charge in [-0.2, -0.15) is 5.10 Å². The lowest BCUT2D eigenvalue weighted by Gasteiger charge is -2.22. The standard InChI is InChI=1S/C17H24ClN5.HI/c1-12-16(13(2)23(5)21-12)10-20-17(19-3)22(4)11-14-6-8-15(18)9-7-14;/h6-9H,10-11H2,1-5H3,(H,19,20);1H. The molecule has 1 heterocycles. The average molecular weight is 462 g/mol. The van der Waals surface area contributed by atoms with E-state index in [0.717, 1.165) is 23.2 Å². The van der Waals surface area contributed by atoms with Gasteiger partial charge in [-0.1, -0.05) is 23.7 Å². The number of benzene rings is 1. The predicted octanol–water partition coefficient (Wildman–Crippen LogP) is 3.52. The Morgan fingerprint density at radius 1 is 1.29 bits per heavy atom. The second-order valence-corrected chi connectivity index (χ2v) is 6.09. The van der Waals surface area contributed by atoms with Crippen molar-refractivity contribution in [2.24, 2.45) is 12.0 Å². The van der Waals surface area contributed by atoms with Crippen LogP contribution in [0.2, 0.25) is 5.02 Å². The SMILES string of the molecule is CN=C(NCc1c(C)nn(C)c1C)N(C)Cc1ccc(Cl)cc1.I. The zero-order chi connectivity index (χ0) is 17.0. The molecule has 0 atom stereocenters. The van der Waals surface area contributed by atoms with E-state index >= 15 is 0 Å². The minimum atomic E-state index is 0. The van der Waals surface area contributed by atoms with E-state index in [1.54, 1.807) is 7.05 Å². The Balaban J connectivity index is 0.00000288. The number of guanidine groups is 1. The van der Waals surface area contributed by atoms with E-state index < -0.39 is 0 Å². The molecule has 0 saturated carbocycles. The van der Waals surface area contributed by atoms with Gasteiger partial charge in [0, 0.05) is 50.5 Å². The second kappa shape index (κ2) is 9.27. The summed E-state index contributed by atoms with van der Waals surface area (Å²) < 4.78 is 1.91. The number of aliphatic imine (C=N–C) groups is 1. The molecule has 132 valence electrons. The van der Waals surface area contributed by atoms with Crippen molar-refractivity contribution in [3.8, 4) is 0 Å². The van der Waals surface area contributed by atoms with Crippen molar-refractivity contribution in [1.82, 2.24) is 20.0 Å². The summed E-state index contributed by atoms with van der Waals surface area (Å²) in [4.78, 5) is 6.45. The summed E-state index contributed by atoms with van der Waals surface area (Å²) in [6.07, 6.45) is 0. The summed E-state index contributed by atoms with van der Waals surface area (Å²) in [7, 11) is 5.78. The Kier molecular flexibility index (Phi) is 8.02. The third-order valence-electron chi connectivity index (χ3n) is 3.99. The minimum Gasteiger partial charge on any atom is -0.352 e. The fourth-order valence-electron chi connectivity index (χ4n) is 2.56. The highest BCUT2D eigenvalue weighted by Gasteiger charge is 2.12. The first kappa shape index (κ1) is 20.8. The summed E-state index contributed by atoms with van der Waals surface area (Å²) in [6.45, 7) is 5.59. The molecule has 7 heteroatoms. The first-order valence-electron chi connectivity index (χ1n) is 7.57. The molecule has 0 aliphatic heterocycles. The van der Waals surface area contributed by atoms with Crippen LogP contribution in [0.15, 0.2) is 29.3 Å². The van der Waals surface area contributed by atoms with E-state index in [1.165, 1.54) is 16.8 Å². The van der Waals surface area contributed by atoms with Crippen molar-refractivity contribution < 1.29 is 0 Å². The third-order valence-corrected chi connectivity index (χ3v) is 4.24. The van der Waals surface area contributed by atoms with Crippen LogP contribution in [0.25, 0.3) is 0 Å². The first-order chi connectivity index (χ1) is 10.9. The maximum atomic E-state index is 5.93. The molecular weight excluding hydrogens is 437 g/mol. The van der Waals surface area contributed by atoms with Gasteiger partial charge >= 0.3 is 0 Å². The van der Waals surface area contributed by atoms with Gasteiger partial charge in [0.15, 0.2) is 5.96 Å². The van der Waals surface area contributed by atoms with E-state index in [1.807, 2.05) is 50.0 Å². The summed E-state index contributed by atoms with van der Waals surface area (Å²) in [5.74, 6) is 0.850. The minimum absolute atomic E-state index is 0.